The van der Waals surface area contributed by atoms with Crippen LogP contribution in [0.3, 0.4) is 0 Å². The van der Waals surface area contributed by atoms with Gasteiger partial charge in [0.2, 0.25) is 5.95 Å². The molecule has 1 atom stereocenters. The largest absolute Gasteiger partial charge is 0.416 e. The molecule has 0 radical (unpaired) electrons. The predicted octanol–water partition coefficient (Wildman–Crippen LogP) is 1.16. The Morgan fingerprint density at radius 1 is 1.47 bits per heavy atom. The zero-order chi connectivity index (χ0) is 13.1. The molecule has 5 nitrogen and oxygen atoms in total. The molecule has 0 aromatic carbocycles. The number of alkyl halides is 3. The third-order valence-corrected chi connectivity index (χ3v) is 2.04. The number of aliphatic hydroxyl groups is 1. The van der Waals surface area contributed by atoms with E-state index in [0.29, 0.717) is 11.5 Å². The quantitative estimate of drug-likeness (QED) is 0.748. The summed E-state index contributed by atoms with van der Waals surface area (Å²) in [5.74, 6) is 0.548. The Morgan fingerprint density at radius 2 is 2.12 bits per heavy atom. The van der Waals surface area contributed by atoms with Crippen molar-refractivity contribution in [1.82, 2.24) is 9.97 Å². The number of nitrogens with zero attached hydrogens (tertiary/aromatic N) is 2. The Hall–Kier alpha value is -1.57. The van der Waals surface area contributed by atoms with E-state index in [9.17, 15) is 13.2 Å². The summed E-state index contributed by atoms with van der Waals surface area (Å²) >= 11 is 0. The summed E-state index contributed by atoms with van der Waals surface area (Å²) in [4.78, 5) is 7.82. The van der Waals surface area contributed by atoms with Crippen LogP contribution < -0.4 is 10.6 Å². The van der Waals surface area contributed by atoms with E-state index in [1.165, 1.54) is 6.20 Å². The van der Waals surface area contributed by atoms with Gasteiger partial charge in [0.25, 0.3) is 0 Å². The van der Waals surface area contributed by atoms with Crippen molar-refractivity contribution < 1.29 is 18.3 Å². The molecule has 3 N–H and O–H groups in total. The van der Waals surface area contributed by atoms with Gasteiger partial charge in [-0.1, -0.05) is 0 Å². The first-order valence-corrected chi connectivity index (χ1v) is 4.84. The van der Waals surface area contributed by atoms with Gasteiger partial charge < -0.3 is 15.7 Å². The fourth-order valence-corrected chi connectivity index (χ4v) is 1.05. The number of nitrogens with one attached hydrogen (secondary N) is 2. The fourth-order valence-electron chi connectivity index (χ4n) is 1.05. The molecule has 1 aromatic rings. The van der Waals surface area contributed by atoms with Crippen LogP contribution in [0.15, 0.2) is 6.20 Å². The summed E-state index contributed by atoms with van der Waals surface area (Å²) in [5, 5.41) is 13.9. The highest BCUT2D eigenvalue weighted by molar-refractivity contribution is 5.46. The van der Waals surface area contributed by atoms with Gasteiger partial charge in [-0.25, -0.2) is 4.98 Å². The smallest absolute Gasteiger partial charge is 0.382 e. The van der Waals surface area contributed by atoms with Gasteiger partial charge >= 0.3 is 6.18 Å². The highest BCUT2D eigenvalue weighted by Crippen LogP contribution is 2.20. The normalized spacial score (nSPS) is 13.3. The summed E-state index contributed by atoms with van der Waals surface area (Å²) in [7, 11) is 1.60. The lowest BCUT2D eigenvalue weighted by atomic mass is 10.3. The van der Waals surface area contributed by atoms with Crippen molar-refractivity contribution in [1.29, 1.82) is 0 Å². The second-order valence-electron chi connectivity index (χ2n) is 3.41. The van der Waals surface area contributed by atoms with E-state index < -0.39 is 18.8 Å². The summed E-state index contributed by atoms with van der Waals surface area (Å²) in [6.45, 7) is 1.01. The lowest BCUT2D eigenvalue weighted by Crippen LogP contribution is -2.35. The van der Waals surface area contributed by atoms with E-state index in [0.717, 1.165) is 0 Å². The minimum Gasteiger partial charge on any atom is -0.382 e. The van der Waals surface area contributed by atoms with Crippen molar-refractivity contribution in [3.63, 3.8) is 0 Å². The highest BCUT2D eigenvalue weighted by Gasteiger charge is 2.37. The van der Waals surface area contributed by atoms with Crippen LogP contribution in [0.25, 0.3) is 0 Å². The molecule has 1 rings (SSSR count). The maximum Gasteiger partial charge on any atom is 0.416 e. The average Bonchev–Trinajstić information content (AvgIpc) is 2.26. The molecule has 0 aliphatic carbocycles. The van der Waals surface area contributed by atoms with Crippen molar-refractivity contribution in [2.24, 2.45) is 0 Å². The van der Waals surface area contributed by atoms with Crippen molar-refractivity contribution >= 4 is 11.8 Å². The maximum atomic E-state index is 12.1. The van der Waals surface area contributed by atoms with Crippen molar-refractivity contribution in [3.05, 3.63) is 11.8 Å². The Morgan fingerprint density at radius 3 is 2.65 bits per heavy atom. The third-order valence-electron chi connectivity index (χ3n) is 2.04. The van der Waals surface area contributed by atoms with Gasteiger partial charge in [-0.3, -0.25) is 0 Å². The minimum atomic E-state index is -4.64. The Balaban J connectivity index is 2.69. The molecule has 1 aromatic heterocycles. The van der Waals surface area contributed by atoms with E-state index in [-0.39, 0.29) is 5.82 Å². The summed E-state index contributed by atoms with van der Waals surface area (Å²) < 4.78 is 36.2. The molecule has 1 heterocycles. The molecule has 8 heteroatoms. The molecular weight excluding hydrogens is 237 g/mol. The molecule has 17 heavy (non-hydrogen) atoms. The van der Waals surface area contributed by atoms with Gasteiger partial charge in [0.1, 0.15) is 5.82 Å². The fraction of sp³-hybridized carbons (Fsp3) is 0.556. The predicted molar refractivity (Wildman–Crippen MR) is 56.9 cm³/mol. The average molecular weight is 250 g/mol. The molecule has 0 amide bonds. The number of hydrogen-bond donors (Lipinski definition) is 3. The molecule has 0 saturated heterocycles. The zero-order valence-electron chi connectivity index (χ0n) is 9.34. The van der Waals surface area contributed by atoms with Crippen molar-refractivity contribution in [2.45, 2.75) is 19.2 Å². The molecule has 0 aliphatic heterocycles. The second kappa shape index (κ2) is 5.17. The molecule has 0 aliphatic rings. The van der Waals surface area contributed by atoms with Crippen molar-refractivity contribution in [2.75, 3.05) is 24.2 Å². The number of aryl methyl sites for hydroxylation is 1. The van der Waals surface area contributed by atoms with Crippen LogP contribution in [0.1, 0.15) is 5.56 Å². The lowest BCUT2D eigenvalue weighted by Gasteiger charge is -2.16. The highest BCUT2D eigenvalue weighted by atomic mass is 19.4. The monoisotopic (exact) mass is 250 g/mol. The van der Waals surface area contributed by atoms with E-state index in [2.05, 4.69) is 20.6 Å². The summed E-state index contributed by atoms with van der Waals surface area (Å²) in [5.41, 5.74) is 0.596. The SMILES string of the molecule is CNc1ncc(C)c(NCC(O)C(F)(F)F)n1. The lowest BCUT2D eigenvalue weighted by molar-refractivity contribution is -0.198. The van der Waals surface area contributed by atoms with Gasteiger partial charge in [-0.2, -0.15) is 18.2 Å². The minimum absolute atomic E-state index is 0.257. The zero-order valence-corrected chi connectivity index (χ0v) is 9.34. The first-order chi connectivity index (χ1) is 7.84. The van der Waals surface area contributed by atoms with Crippen LogP contribution in [0.5, 0.6) is 0 Å². The number of aliphatic hydroxyl groups excluding tert-OH is 1. The molecule has 96 valence electrons. The Labute approximate surface area is 96.1 Å². The number of hydrogen-bond acceptors (Lipinski definition) is 5. The van der Waals surface area contributed by atoms with Gasteiger partial charge in [0, 0.05) is 18.8 Å². The summed E-state index contributed by atoms with van der Waals surface area (Å²) in [6, 6.07) is 0. The van der Waals surface area contributed by atoms with Gasteiger partial charge in [0.05, 0.1) is 6.54 Å². The van der Waals surface area contributed by atoms with E-state index >= 15 is 0 Å². The molecule has 1 unspecified atom stereocenters. The van der Waals surface area contributed by atoms with E-state index in [4.69, 9.17) is 5.11 Å². The Kier molecular flexibility index (Phi) is 4.11. The van der Waals surface area contributed by atoms with Gasteiger partial charge in [-0.15, -0.1) is 0 Å². The first kappa shape index (κ1) is 13.5. The molecular formula is C9H13F3N4O. The second-order valence-corrected chi connectivity index (χ2v) is 3.41. The third kappa shape index (κ3) is 3.74. The maximum absolute atomic E-state index is 12.1. The van der Waals surface area contributed by atoms with E-state index in [1.807, 2.05) is 0 Å². The first-order valence-electron chi connectivity index (χ1n) is 4.84. The van der Waals surface area contributed by atoms with Crippen LogP contribution in [0.4, 0.5) is 24.9 Å². The van der Waals surface area contributed by atoms with Crippen LogP contribution in [0.2, 0.25) is 0 Å². The Bertz CT molecular complexity index is 383. The number of halogens is 3. The topological polar surface area (TPSA) is 70.1 Å². The number of rotatable bonds is 4. The molecule has 0 fully saturated rings. The van der Waals surface area contributed by atoms with Crippen LogP contribution in [0, 0.1) is 6.92 Å². The van der Waals surface area contributed by atoms with Crippen LogP contribution in [-0.2, 0) is 0 Å². The van der Waals surface area contributed by atoms with Gasteiger partial charge in [0.15, 0.2) is 6.10 Å². The van der Waals surface area contributed by atoms with Crippen LogP contribution >= 0.6 is 0 Å². The summed E-state index contributed by atoms with van der Waals surface area (Å²) in [6.07, 6.45) is -5.59. The van der Waals surface area contributed by atoms with Gasteiger partial charge in [-0.05, 0) is 6.92 Å². The van der Waals surface area contributed by atoms with Crippen LogP contribution in [-0.4, -0.2) is 40.9 Å². The van der Waals surface area contributed by atoms with E-state index in [1.54, 1.807) is 14.0 Å². The molecule has 0 saturated carbocycles. The number of anilines is 2. The molecule has 0 spiro atoms. The molecule has 0 bridgehead atoms. The van der Waals surface area contributed by atoms with Crippen molar-refractivity contribution in [3.8, 4) is 0 Å². The number of aromatic nitrogens is 2. The standard InChI is InChI=1S/C9H13F3N4O/c1-5-3-15-8(13-2)16-7(5)14-4-6(17)9(10,11)12/h3,6,17H,4H2,1-2H3,(H2,13,14,15,16).